The summed E-state index contributed by atoms with van der Waals surface area (Å²) in [6.07, 6.45) is 3.24. The van der Waals surface area contributed by atoms with Crippen LogP contribution in [0.4, 0.5) is 5.69 Å². The van der Waals surface area contributed by atoms with Crippen LogP contribution in [0.2, 0.25) is 0 Å². The molecule has 0 amide bonds. The van der Waals surface area contributed by atoms with Crippen LogP contribution in [-0.2, 0) is 13.0 Å². The Kier molecular flexibility index (Phi) is 4.20. The van der Waals surface area contributed by atoms with Crippen LogP contribution in [0.3, 0.4) is 0 Å². The predicted molar refractivity (Wildman–Crippen MR) is 92.1 cm³/mol. The summed E-state index contributed by atoms with van der Waals surface area (Å²) in [6, 6.07) is 19.4. The normalized spacial score (nSPS) is 15.9. The van der Waals surface area contributed by atoms with Gasteiger partial charge in [-0.1, -0.05) is 48.5 Å². The van der Waals surface area contributed by atoms with Crippen LogP contribution < -0.4 is 4.31 Å². The molecule has 0 atom stereocenters. The van der Waals surface area contributed by atoms with Crippen LogP contribution in [-0.4, -0.2) is 19.0 Å². The summed E-state index contributed by atoms with van der Waals surface area (Å²) in [5.74, 6) is 0. The number of para-hydroxylation sites is 1. The summed E-state index contributed by atoms with van der Waals surface area (Å²) < 4.78 is 2.39. The molecule has 0 saturated heterocycles. The monoisotopic (exact) mass is 296 g/mol. The second kappa shape index (κ2) is 6.27. The summed E-state index contributed by atoms with van der Waals surface area (Å²) in [5, 5.41) is 0. The van der Waals surface area contributed by atoms with Gasteiger partial charge in [0.2, 0.25) is 0 Å². The molecule has 2 aromatic rings. The van der Waals surface area contributed by atoms with Crippen molar-refractivity contribution in [1.29, 1.82) is 0 Å². The minimum Gasteiger partial charge on any atom is -0.383 e. The Hall–Kier alpha value is -1.87. The first-order valence-corrected chi connectivity index (χ1v) is 7.94. The number of nitrogens with zero attached hydrogens (tertiary/aromatic N) is 2. The van der Waals surface area contributed by atoms with Crippen molar-refractivity contribution >= 4 is 17.6 Å². The molecule has 0 aliphatic carbocycles. The molecule has 21 heavy (non-hydrogen) atoms. The Morgan fingerprint density at radius 3 is 2.52 bits per heavy atom. The van der Waals surface area contributed by atoms with Gasteiger partial charge in [0.05, 0.1) is 12.2 Å². The van der Waals surface area contributed by atoms with Gasteiger partial charge in [-0.05, 0) is 29.1 Å². The smallest absolute Gasteiger partial charge is 0.0549 e. The van der Waals surface area contributed by atoms with Gasteiger partial charge in [0, 0.05) is 31.6 Å². The first-order chi connectivity index (χ1) is 10.2. The van der Waals surface area contributed by atoms with Gasteiger partial charge in [0.15, 0.2) is 0 Å². The van der Waals surface area contributed by atoms with Gasteiger partial charge in [-0.2, -0.15) is 0 Å². The molecular formula is C18H20N2S. The molecular weight excluding hydrogens is 276 g/mol. The van der Waals surface area contributed by atoms with E-state index in [1.54, 1.807) is 0 Å². The van der Waals surface area contributed by atoms with Crippen molar-refractivity contribution in [1.82, 2.24) is 4.90 Å². The molecule has 2 aromatic carbocycles. The van der Waals surface area contributed by atoms with Gasteiger partial charge >= 0.3 is 0 Å². The summed E-state index contributed by atoms with van der Waals surface area (Å²) in [5.41, 5.74) is 4.08. The fourth-order valence-corrected chi connectivity index (χ4v) is 3.79. The molecule has 0 spiro atoms. The highest BCUT2D eigenvalue weighted by Gasteiger charge is 2.21. The van der Waals surface area contributed by atoms with E-state index >= 15 is 0 Å². The van der Waals surface area contributed by atoms with Crippen LogP contribution in [0, 0.1) is 0 Å². The lowest BCUT2D eigenvalue weighted by Gasteiger charge is -2.32. The minimum absolute atomic E-state index is 0.924. The third-order valence-electron chi connectivity index (χ3n) is 3.42. The number of rotatable bonds is 3. The fourth-order valence-electron chi connectivity index (χ4n) is 2.54. The molecule has 0 saturated carbocycles. The summed E-state index contributed by atoms with van der Waals surface area (Å²) in [7, 11) is 4.16. The number of hydrogen-bond acceptors (Lipinski definition) is 3. The van der Waals surface area contributed by atoms with E-state index in [4.69, 9.17) is 0 Å². The van der Waals surface area contributed by atoms with E-state index in [1.807, 2.05) is 11.9 Å². The Morgan fingerprint density at radius 2 is 1.76 bits per heavy atom. The highest BCUT2D eigenvalue weighted by Crippen LogP contribution is 2.40. The van der Waals surface area contributed by atoms with E-state index in [2.05, 4.69) is 84.1 Å². The van der Waals surface area contributed by atoms with Crippen molar-refractivity contribution in [3.63, 3.8) is 0 Å². The third kappa shape index (κ3) is 3.42. The topological polar surface area (TPSA) is 6.48 Å². The molecule has 2 nitrogen and oxygen atoms in total. The zero-order chi connectivity index (χ0) is 14.7. The predicted octanol–water partition coefficient (Wildman–Crippen LogP) is 4.30. The average Bonchev–Trinajstić information content (AvgIpc) is 2.47. The highest BCUT2D eigenvalue weighted by atomic mass is 32.2. The van der Waals surface area contributed by atoms with Crippen molar-refractivity contribution < 1.29 is 0 Å². The van der Waals surface area contributed by atoms with Gasteiger partial charge in [0.25, 0.3) is 0 Å². The molecule has 0 bridgehead atoms. The second-order valence-electron chi connectivity index (χ2n) is 5.48. The summed E-state index contributed by atoms with van der Waals surface area (Å²) in [4.78, 5) is 3.51. The van der Waals surface area contributed by atoms with Crippen LogP contribution >= 0.6 is 11.9 Å². The van der Waals surface area contributed by atoms with Crippen molar-refractivity contribution in [2.24, 2.45) is 0 Å². The van der Waals surface area contributed by atoms with E-state index in [1.165, 1.54) is 21.7 Å². The quantitative estimate of drug-likeness (QED) is 0.780. The standard InChI is InChI=1S/C18H20N2S/c1-19(2)14-17-12-16-10-6-7-11-18(16)20(21-17)13-15-8-4-3-5-9-15/h3-11,14H,12-13H2,1-2H3/b17-14-. The molecule has 0 aromatic heterocycles. The molecule has 0 N–H and O–H groups in total. The third-order valence-corrected chi connectivity index (χ3v) is 4.45. The second-order valence-corrected chi connectivity index (χ2v) is 6.63. The minimum atomic E-state index is 0.924. The Balaban J connectivity index is 1.91. The zero-order valence-corrected chi connectivity index (χ0v) is 13.3. The summed E-state index contributed by atoms with van der Waals surface area (Å²) >= 11 is 1.85. The molecule has 3 rings (SSSR count). The molecule has 0 radical (unpaired) electrons. The number of anilines is 1. The van der Waals surface area contributed by atoms with Crippen molar-refractivity contribution in [3.05, 3.63) is 76.8 Å². The number of benzene rings is 2. The maximum atomic E-state index is 2.39. The van der Waals surface area contributed by atoms with Crippen molar-refractivity contribution in [3.8, 4) is 0 Å². The van der Waals surface area contributed by atoms with Crippen molar-refractivity contribution in [2.75, 3.05) is 18.4 Å². The molecule has 1 aliphatic heterocycles. The zero-order valence-electron chi connectivity index (χ0n) is 12.5. The van der Waals surface area contributed by atoms with Gasteiger partial charge in [-0.3, -0.25) is 0 Å². The fraction of sp³-hybridized carbons (Fsp3) is 0.222. The van der Waals surface area contributed by atoms with Crippen LogP contribution in [0.1, 0.15) is 11.1 Å². The Bertz CT molecular complexity index is 635. The number of fused-ring (bicyclic) bond motifs is 1. The van der Waals surface area contributed by atoms with Crippen molar-refractivity contribution in [2.45, 2.75) is 13.0 Å². The highest BCUT2D eigenvalue weighted by molar-refractivity contribution is 8.04. The van der Waals surface area contributed by atoms with E-state index in [-0.39, 0.29) is 0 Å². The van der Waals surface area contributed by atoms with Gasteiger partial charge in [-0.25, -0.2) is 0 Å². The van der Waals surface area contributed by atoms with E-state index in [0.29, 0.717) is 0 Å². The Morgan fingerprint density at radius 1 is 1.05 bits per heavy atom. The lowest BCUT2D eigenvalue weighted by Crippen LogP contribution is -2.20. The van der Waals surface area contributed by atoms with Gasteiger partial charge in [0.1, 0.15) is 0 Å². The lowest BCUT2D eigenvalue weighted by molar-refractivity contribution is 0.560. The molecule has 3 heteroatoms. The number of allylic oxidation sites excluding steroid dienone is 1. The van der Waals surface area contributed by atoms with Crippen LogP contribution in [0.15, 0.2) is 65.7 Å². The molecule has 0 fully saturated rings. The van der Waals surface area contributed by atoms with E-state index in [0.717, 1.165) is 13.0 Å². The Labute approximate surface area is 131 Å². The lowest BCUT2D eigenvalue weighted by atomic mass is 10.1. The van der Waals surface area contributed by atoms with Crippen LogP contribution in [0.5, 0.6) is 0 Å². The van der Waals surface area contributed by atoms with Gasteiger partial charge < -0.3 is 9.21 Å². The largest absolute Gasteiger partial charge is 0.383 e. The molecule has 1 aliphatic rings. The molecule has 1 heterocycles. The molecule has 108 valence electrons. The van der Waals surface area contributed by atoms with E-state index < -0.39 is 0 Å². The summed E-state index contributed by atoms with van der Waals surface area (Å²) in [6.45, 7) is 0.924. The molecule has 0 unspecified atom stereocenters. The maximum absolute atomic E-state index is 2.39. The van der Waals surface area contributed by atoms with Crippen LogP contribution in [0.25, 0.3) is 0 Å². The van der Waals surface area contributed by atoms with E-state index in [9.17, 15) is 0 Å². The SMILES string of the molecule is CN(C)/C=C1/Cc2ccccc2N(Cc2ccccc2)S1. The maximum Gasteiger partial charge on any atom is 0.0549 e. The first-order valence-electron chi connectivity index (χ1n) is 7.17. The van der Waals surface area contributed by atoms with Gasteiger partial charge in [-0.15, -0.1) is 0 Å². The number of hydrogen-bond donors (Lipinski definition) is 0. The first kappa shape index (κ1) is 14.1. The average molecular weight is 296 g/mol.